The summed E-state index contributed by atoms with van der Waals surface area (Å²) >= 11 is 5.14. The van der Waals surface area contributed by atoms with Gasteiger partial charge in [-0.05, 0) is 41.3 Å². The Morgan fingerprint density at radius 1 is 1.04 bits per heavy atom. The molecule has 0 aliphatic carbocycles. The van der Waals surface area contributed by atoms with Crippen LogP contribution < -0.4 is 5.01 Å². The fraction of sp³-hybridized carbons (Fsp3) is 0.105. The lowest BCUT2D eigenvalue weighted by Crippen LogP contribution is -2.18. The van der Waals surface area contributed by atoms with E-state index < -0.39 is 0 Å². The highest BCUT2D eigenvalue weighted by atomic mass is 79.9. The third-order valence-corrected chi connectivity index (χ3v) is 5.56. The van der Waals surface area contributed by atoms with Crippen LogP contribution >= 0.6 is 27.3 Å². The summed E-state index contributed by atoms with van der Waals surface area (Å²) in [6.07, 6.45) is 0.760. The molecule has 5 heteroatoms. The number of para-hydroxylation sites is 1. The topological polar surface area (TPSA) is 15.6 Å². The average molecular weight is 401 g/mol. The number of hydrogen-bond acceptors (Lipinski definition) is 3. The highest BCUT2D eigenvalue weighted by Crippen LogP contribution is 2.39. The summed E-state index contributed by atoms with van der Waals surface area (Å²) in [5.74, 6) is -0.250. The van der Waals surface area contributed by atoms with Crippen molar-refractivity contribution in [2.24, 2.45) is 5.10 Å². The second-order valence-electron chi connectivity index (χ2n) is 5.58. The number of hydrogen-bond donors (Lipinski definition) is 0. The van der Waals surface area contributed by atoms with Crippen LogP contribution in [0.5, 0.6) is 0 Å². The van der Waals surface area contributed by atoms with Gasteiger partial charge in [0.1, 0.15) is 5.82 Å². The minimum atomic E-state index is -0.250. The molecule has 0 spiro atoms. The van der Waals surface area contributed by atoms with Gasteiger partial charge in [0.15, 0.2) is 0 Å². The first kappa shape index (κ1) is 15.5. The molecular weight excluding hydrogens is 387 g/mol. The zero-order chi connectivity index (χ0) is 16.5. The number of thiophene rings is 1. The van der Waals surface area contributed by atoms with Crippen LogP contribution in [0.15, 0.2) is 75.6 Å². The number of hydrazone groups is 1. The first-order valence-electron chi connectivity index (χ1n) is 7.63. The van der Waals surface area contributed by atoms with Crippen LogP contribution in [0.4, 0.5) is 10.1 Å². The minimum absolute atomic E-state index is 0.0283. The van der Waals surface area contributed by atoms with E-state index in [2.05, 4.69) is 22.0 Å². The van der Waals surface area contributed by atoms with Crippen molar-refractivity contribution in [2.75, 3.05) is 5.01 Å². The molecule has 4 rings (SSSR count). The number of benzene rings is 2. The van der Waals surface area contributed by atoms with Gasteiger partial charge >= 0.3 is 0 Å². The molecule has 0 radical (unpaired) electrons. The molecule has 1 aromatic heterocycles. The SMILES string of the molecule is Fc1ccccc1N1N=C(c2ccc(Br)cc2)C[C@H]1c1cccs1. The van der Waals surface area contributed by atoms with E-state index in [0.29, 0.717) is 5.69 Å². The normalized spacial score (nSPS) is 17.2. The van der Waals surface area contributed by atoms with Crippen LogP contribution in [0.25, 0.3) is 0 Å². The Labute approximate surface area is 152 Å². The Morgan fingerprint density at radius 2 is 1.83 bits per heavy atom. The predicted molar refractivity (Wildman–Crippen MR) is 101 cm³/mol. The molecule has 0 saturated heterocycles. The molecule has 0 bridgehead atoms. The number of rotatable bonds is 3. The number of nitrogens with zero attached hydrogens (tertiary/aromatic N) is 2. The van der Waals surface area contributed by atoms with E-state index in [1.165, 1.54) is 10.9 Å². The molecule has 1 aliphatic heterocycles. The summed E-state index contributed by atoms with van der Waals surface area (Å²) in [4.78, 5) is 1.19. The van der Waals surface area contributed by atoms with Gasteiger partial charge in [0.25, 0.3) is 0 Å². The van der Waals surface area contributed by atoms with Crippen LogP contribution in [0, 0.1) is 5.82 Å². The molecular formula is C19H14BrFN2S. The standard InChI is InChI=1S/C19H14BrFN2S/c20-14-9-7-13(8-10-14)16-12-18(19-6-3-11-24-19)23(22-16)17-5-2-1-4-15(17)21/h1-11,18H,12H2/t18-/m0/s1. The molecule has 0 N–H and O–H groups in total. The molecule has 2 heterocycles. The van der Waals surface area contributed by atoms with Crippen LogP contribution in [0.1, 0.15) is 22.9 Å². The van der Waals surface area contributed by atoms with Crippen molar-refractivity contribution in [3.05, 3.63) is 86.8 Å². The zero-order valence-corrected chi connectivity index (χ0v) is 15.1. The Bertz CT molecular complexity index is 875. The molecule has 0 saturated carbocycles. The monoisotopic (exact) mass is 400 g/mol. The molecule has 3 aromatic rings. The zero-order valence-electron chi connectivity index (χ0n) is 12.7. The van der Waals surface area contributed by atoms with E-state index in [9.17, 15) is 4.39 Å². The molecule has 2 nitrogen and oxygen atoms in total. The summed E-state index contributed by atoms with van der Waals surface area (Å²) in [5, 5.41) is 8.62. The summed E-state index contributed by atoms with van der Waals surface area (Å²) < 4.78 is 15.4. The fourth-order valence-corrected chi connectivity index (χ4v) is 3.97. The predicted octanol–water partition coefficient (Wildman–Crippen LogP) is 6.01. The van der Waals surface area contributed by atoms with Crippen LogP contribution in [0.3, 0.4) is 0 Å². The van der Waals surface area contributed by atoms with Gasteiger partial charge in [0.05, 0.1) is 17.4 Å². The van der Waals surface area contributed by atoms with Gasteiger partial charge in [-0.25, -0.2) is 4.39 Å². The average Bonchev–Trinajstić information content (AvgIpc) is 3.25. The molecule has 0 fully saturated rings. The van der Waals surface area contributed by atoms with Crippen molar-refractivity contribution < 1.29 is 4.39 Å². The first-order chi connectivity index (χ1) is 11.7. The van der Waals surface area contributed by atoms with Gasteiger partial charge in [-0.15, -0.1) is 11.3 Å². The van der Waals surface area contributed by atoms with Gasteiger partial charge in [-0.2, -0.15) is 5.10 Å². The van der Waals surface area contributed by atoms with E-state index in [-0.39, 0.29) is 11.9 Å². The van der Waals surface area contributed by atoms with Crippen molar-refractivity contribution in [3.8, 4) is 0 Å². The second kappa shape index (κ2) is 6.49. The van der Waals surface area contributed by atoms with Crippen molar-refractivity contribution in [1.82, 2.24) is 0 Å². The smallest absolute Gasteiger partial charge is 0.148 e. The highest BCUT2D eigenvalue weighted by molar-refractivity contribution is 9.10. The lowest BCUT2D eigenvalue weighted by molar-refractivity contribution is 0.608. The Hall–Kier alpha value is -1.98. The second-order valence-corrected chi connectivity index (χ2v) is 7.48. The fourth-order valence-electron chi connectivity index (χ4n) is 2.89. The lowest BCUT2D eigenvalue weighted by Gasteiger charge is -2.22. The van der Waals surface area contributed by atoms with Gasteiger partial charge in [-0.1, -0.05) is 46.3 Å². The Balaban J connectivity index is 1.77. The summed E-state index contributed by atoms with van der Waals surface area (Å²) in [7, 11) is 0. The van der Waals surface area contributed by atoms with Gasteiger partial charge < -0.3 is 0 Å². The molecule has 2 aromatic carbocycles. The maximum absolute atomic E-state index is 14.3. The number of halogens is 2. The molecule has 0 amide bonds. The van der Waals surface area contributed by atoms with Gasteiger partial charge in [0.2, 0.25) is 0 Å². The van der Waals surface area contributed by atoms with E-state index in [1.807, 2.05) is 46.8 Å². The maximum Gasteiger partial charge on any atom is 0.148 e. The lowest BCUT2D eigenvalue weighted by atomic mass is 10.0. The molecule has 1 atom stereocenters. The number of anilines is 1. The van der Waals surface area contributed by atoms with Gasteiger partial charge in [-0.3, -0.25) is 5.01 Å². The maximum atomic E-state index is 14.3. The molecule has 0 unspecified atom stereocenters. The van der Waals surface area contributed by atoms with E-state index in [0.717, 1.165) is 22.2 Å². The van der Waals surface area contributed by atoms with Crippen molar-refractivity contribution in [3.63, 3.8) is 0 Å². The van der Waals surface area contributed by atoms with Crippen LogP contribution in [-0.4, -0.2) is 5.71 Å². The minimum Gasteiger partial charge on any atom is -0.254 e. The van der Waals surface area contributed by atoms with E-state index >= 15 is 0 Å². The quantitative estimate of drug-likeness (QED) is 0.525. The van der Waals surface area contributed by atoms with Crippen LogP contribution in [-0.2, 0) is 0 Å². The van der Waals surface area contributed by atoms with Gasteiger partial charge in [0, 0.05) is 15.8 Å². The van der Waals surface area contributed by atoms with Crippen LogP contribution in [0.2, 0.25) is 0 Å². The van der Waals surface area contributed by atoms with Crippen molar-refractivity contribution in [1.29, 1.82) is 0 Å². The largest absolute Gasteiger partial charge is 0.254 e. The van der Waals surface area contributed by atoms with E-state index in [1.54, 1.807) is 23.5 Å². The summed E-state index contributed by atoms with van der Waals surface area (Å²) in [6, 6.07) is 19.0. The van der Waals surface area contributed by atoms with Crippen molar-refractivity contribution in [2.45, 2.75) is 12.5 Å². The molecule has 120 valence electrons. The van der Waals surface area contributed by atoms with Crippen molar-refractivity contribution >= 4 is 38.7 Å². The summed E-state index contributed by atoms with van der Waals surface area (Å²) in [5.41, 5.74) is 2.56. The Morgan fingerprint density at radius 3 is 2.54 bits per heavy atom. The first-order valence-corrected chi connectivity index (χ1v) is 9.30. The Kier molecular flexibility index (Phi) is 4.21. The highest BCUT2D eigenvalue weighted by Gasteiger charge is 2.31. The van der Waals surface area contributed by atoms with E-state index in [4.69, 9.17) is 5.10 Å². The third-order valence-electron chi connectivity index (χ3n) is 4.06. The summed E-state index contributed by atoms with van der Waals surface area (Å²) in [6.45, 7) is 0. The molecule has 1 aliphatic rings. The molecule has 24 heavy (non-hydrogen) atoms. The third kappa shape index (κ3) is 2.89.